The van der Waals surface area contributed by atoms with E-state index in [2.05, 4.69) is 17.0 Å². The van der Waals surface area contributed by atoms with Crippen molar-refractivity contribution in [2.75, 3.05) is 24.6 Å². The molecule has 0 unspecified atom stereocenters. The minimum Gasteiger partial charge on any atom is -0.473 e. The molecule has 1 fully saturated rings. The molecule has 9 heteroatoms. The third kappa shape index (κ3) is 7.64. The van der Waals surface area contributed by atoms with Crippen molar-refractivity contribution in [1.29, 1.82) is 0 Å². The van der Waals surface area contributed by atoms with E-state index < -0.39 is 17.5 Å². The van der Waals surface area contributed by atoms with Crippen molar-refractivity contribution in [1.82, 2.24) is 4.90 Å². The molecule has 0 spiro atoms. The van der Waals surface area contributed by atoms with Crippen LogP contribution in [0.25, 0.3) is 0 Å². The van der Waals surface area contributed by atoms with Crippen molar-refractivity contribution in [2.45, 2.75) is 51.6 Å². The van der Waals surface area contributed by atoms with Gasteiger partial charge in [-0.25, -0.2) is 14.4 Å². The van der Waals surface area contributed by atoms with Crippen LogP contribution in [0, 0.1) is 0 Å². The number of carboxylic acid groups (broad SMARTS) is 2. The molecule has 0 radical (unpaired) electrons. The fraction of sp³-hybridized carbons (Fsp3) is 0.407. The van der Waals surface area contributed by atoms with Crippen LogP contribution in [0.3, 0.4) is 0 Å². The molecule has 2 N–H and O–H groups in total. The fourth-order valence-corrected chi connectivity index (χ4v) is 4.14. The topological polar surface area (TPSA) is 124 Å². The zero-order valence-electron chi connectivity index (χ0n) is 20.8. The largest absolute Gasteiger partial charge is 0.473 e. The first-order chi connectivity index (χ1) is 17.2. The van der Waals surface area contributed by atoms with Crippen molar-refractivity contribution in [3.05, 3.63) is 66.2 Å². The number of hydrogen-bond acceptors (Lipinski definition) is 6. The van der Waals surface area contributed by atoms with Gasteiger partial charge >= 0.3 is 17.9 Å². The Kier molecular flexibility index (Phi) is 11.1. The second kappa shape index (κ2) is 14.0. The number of esters is 1. The van der Waals surface area contributed by atoms with Crippen molar-refractivity contribution in [3.63, 3.8) is 0 Å². The molecule has 3 rings (SSSR count). The van der Waals surface area contributed by atoms with Crippen LogP contribution in [-0.4, -0.2) is 64.2 Å². The molecular formula is C27H34N2O7. The van der Waals surface area contributed by atoms with E-state index in [1.165, 1.54) is 5.56 Å². The van der Waals surface area contributed by atoms with E-state index in [0.717, 1.165) is 31.7 Å². The van der Waals surface area contributed by atoms with Gasteiger partial charge in [0.2, 0.25) is 5.91 Å². The molecule has 0 aliphatic carbocycles. The van der Waals surface area contributed by atoms with Gasteiger partial charge in [-0.1, -0.05) is 62.4 Å². The van der Waals surface area contributed by atoms with Gasteiger partial charge in [-0.2, -0.15) is 0 Å². The Hall–Kier alpha value is -3.72. The summed E-state index contributed by atoms with van der Waals surface area (Å²) in [6.07, 6.45) is 2.21. The van der Waals surface area contributed by atoms with Crippen LogP contribution in [0.4, 0.5) is 5.69 Å². The molecular weight excluding hydrogens is 464 g/mol. The minimum atomic E-state index is -1.82. The van der Waals surface area contributed by atoms with Gasteiger partial charge in [-0.15, -0.1) is 0 Å². The van der Waals surface area contributed by atoms with Crippen LogP contribution in [0.2, 0.25) is 0 Å². The molecule has 36 heavy (non-hydrogen) atoms. The van der Waals surface area contributed by atoms with E-state index in [1.54, 1.807) is 4.90 Å². The summed E-state index contributed by atoms with van der Waals surface area (Å²) in [6.45, 7) is 6.50. The summed E-state index contributed by atoms with van der Waals surface area (Å²) in [4.78, 5) is 48.7. The lowest BCUT2D eigenvalue weighted by Gasteiger charge is -2.46. The summed E-state index contributed by atoms with van der Waals surface area (Å²) in [5.74, 6) is -3.98. The number of piperidine rings is 1. The standard InChI is InChI=1S/C25H32N2O3.C2H2O4/c1-3-19-30-24(29)25(27(23(28)4-2)22-13-9-6-10-14-22)15-17-26(18-16-25)20-21-11-7-5-8-12-21;3-1(4)2(5)6/h5-14H,3-4,15-20H2,1-2H3;(H,3,4)(H,5,6). The maximum Gasteiger partial charge on any atom is 0.414 e. The first-order valence-corrected chi connectivity index (χ1v) is 12.0. The Morgan fingerprint density at radius 2 is 1.42 bits per heavy atom. The summed E-state index contributed by atoms with van der Waals surface area (Å²) >= 11 is 0. The highest BCUT2D eigenvalue weighted by molar-refractivity contribution is 6.27. The van der Waals surface area contributed by atoms with Crippen LogP contribution < -0.4 is 4.90 Å². The number of anilines is 1. The van der Waals surface area contributed by atoms with Crippen molar-refractivity contribution >= 4 is 29.5 Å². The molecule has 9 nitrogen and oxygen atoms in total. The van der Waals surface area contributed by atoms with Gasteiger partial charge in [0.25, 0.3) is 0 Å². The van der Waals surface area contributed by atoms with E-state index >= 15 is 0 Å². The monoisotopic (exact) mass is 498 g/mol. The number of nitrogens with zero attached hydrogens (tertiary/aromatic N) is 2. The molecule has 0 bridgehead atoms. The number of rotatable bonds is 8. The Balaban J connectivity index is 0.000000678. The predicted octanol–water partition coefficient (Wildman–Crippen LogP) is 3.57. The number of carboxylic acids is 2. The highest BCUT2D eigenvalue weighted by Crippen LogP contribution is 2.36. The van der Waals surface area contributed by atoms with Crippen molar-refractivity contribution in [3.8, 4) is 0 Å². The number of para-hydroxylation sites is 1. The van der Waals surface area contributed by atoms with Crippen molar-refractivity contribution in [2.24, 2.45) is 0 Å². The van der Waals surface area contributed by atoms with E-state index in [9.17, 15) is 9.59 Å². The molecule has 2 aromatic carbocycles. The van der Waals surface area contributed by atoms with Crippen LogP contribution in [0.15, 0.2) is 60.7 Å². The minimum absolute atomic E-state index is 0.0499. The van der Waals surface area contributed by atoms with E-state index in [-0.39, 0.29) is 11.9 Å². The van der Waals surface area contributed by atoms with Gasteiger partial charge in [0, 0.05) is 31.7 Å². The van der Waals surface area contributed by atoms with Gasteiger partial charge < -0.3 is 14.9 Å². The number of aliphatic carboxylic acids is 2. The van der Waals surface area contributed by atoms with Gasteiger partial charge in [0.05, 0.1) is 6.61 Å². The number of benzene rings is 2. The normalized spacial score (nSPS) is 14.6. The molecule has 0 saturated carbocycles. The SMILES string of the molecule is CCCOC(=O)C1(N(C(=O)CC)c2ccccc2)CCN(Cc2ccccc2)CC1.O=C(O)C(=O)O. The third-order valence-electron chi connectivity index (χ3n) is 5.93. The number of likely N-dealkylation sites (tertiary alicyclic amines) is 1. The Labute approximate surface area is 211 Å². The summed E-state index contributed by atoms with van der Waals surface area (Å²) in [5, 5.41) is 14.8. The molecule has 2 aromatic rings. The van der Waals surface area contributed by atoms with Gasteiger partial charge in [-0.3, -0.25) is 14.6 Å². The first kappa shape index (κ1) is 28.5. The number of carbonyl (C=O) groups excluding carboxylic acids is 2. The lowest BCUT2D eigenvalue weighted by Crippen LogP contribution is -2.62. The molecule has 1 amide bonds. The molecule has 0 aromatic heterocycles. The number of amides is 1. The van der Waals surface area contributed by atoms with E-state index in [4.69, 9.17) is 24.5 Å². The van der Waals surface area contributed by atoms with Crippen LogP contribution in [-0.2, 0) is 30.5 Å². The van der Waals surface area contributed by atoms with Gasteiger partial charge in [-0.05, 0) is 37.0 Å². The molecule has 1 saturated heterocycles. The maximum atomic E-state index is 13.3. The fourth-order valence-electron chi connectivity index (χ4n) is 4.14. The number of hydrogen-bond donors (Lipinski definition) is 2. The highest BCUT2D eigenvalue weighted by atomic mass is 16.5. The third-order valence-corrected chi connectivity index (χ3v) is 5.93. The number of carbonyl (C=O) groups is 4. The van der Waals surface area contributed by atoms with Crippen molar-refractivity contribution < 1.29 is 34.1 Å². The second-order valence-corrected chi connectivity index (χ2v) is 8.46. The lowest BCUT2D eigenvalue weighted by atomic mass is 9.84. The van der Waals surface area contributed by atoms with Crippen LogP contribution >= 0.6 is 0 Å². The van der Waals surface area contributed by atoms with E-state index in [0.29, 0.717) is 25.9 Å². The second-order valence-electron chi connectivity index (χ2n) is 8.46. The highest BCUT2D eigenvalue weighted by Gasteiger charge is 2.50. The van der Waals surface area contributed by atoms with Gasteiger partial charge in [0.1, 0.15) is 5.54 Å². The average Bonchev–Trinajstić information content (AvgIpc) is 2.89. The molecule has 1 aliphatic heterocycles. The molecule has 1 heterocycles. The summed E-state index contributed by atoms with van der Waals surface area (Å²) < 4.78 is 5.63. The molecule has 0 atom stereocenters. The Morgan fingerprint density at radius 1 is 0.889 bits per heavy atom. The lowest BCUT2D eigenvalue weighted by molar-refractivity contribution is -0.159. The average molecular weight is 499 g/mol. The molecule has 1 aliphatic rings. The zero-order valence-corrected chi connectivity index (χ0v) is 20.8. The first-order valence-electron chi connectivity index (χ1n) is 12.0. The van der Waals surface area contributed by atoms with Crippen LogP contribution in [0.5, 0.6) is 0 Å². The quantitative estimate of drug-likeness (QED) is 0.418. The molecule has 194 valence electrons. The maximum absolute atomic E-state index is 13.3. The van der Waals surface area contributed by atoms with Gasteiger partial charge in [0.15, 0.2) is 0 Å². The van der Waals surface area contributed by atoms with E-state index in [1.807, 2.05) is 62.4 Å². The smallest absolute Gasteiger partial charge is 0.414 e. The summed E-state index contributed by atoms with van der Waals surface area (Å²) in [5.41, 5.74) is 1.05. The Morgan fingerprint density at radius 3 is 1.89 bits per heavy atom. The Bertz CT molecular complexity index is 991. The predicted molar refractivity (Wildman–Crippen MR) is 134 cm³/mol. The summed E-state index contributed by atoms with van der Waals surface area (Å²) in [6, 6.07) is 19.9. The zero-order chi connectivity index (χ0) is 26.6. The summed E-state index contributed by atoms with van der Waals surface area (Å²) in [7, 11) is 0. The van der Waals surface area contributed by atoms with Crippen LogP contribution in [0.1, 0.15) is 45.1 Å². The number of ether oxygens (including phenoxy) is 1.